The molecule has 0 aromatic heterocycles. The van der Waals surface area contributed by atoms with Gasteiger partial charge in [-0.1, -0.05) is 6.07 Å². The smallest absolute Gasteiger partial charge is 0.307 e. The minimum Gasteiger partial charge on any atom is -0.493 e. The van der Waals surface area contributed by atoms with E-state index in [1.54, 1.807) is 25.3 Å². The fraction of sp³-hybridized carbons (Fsp3) is 0.529. The Bertz CT molecular complexity index is 582. The number of ether oxygens (including phenoxy) is 4. The molecular weight excluding hydrogens is 314 g/mol. The van der Waals surface area contributed by atoms with Gasteiger partial charge in [0, 0.05) is 6.61 Å². The van der Waals surface area contributed by atoms with Gasteiger partial charge in [-0.3, -0.25) is 9.59 Å². The number of nitrogens with one attached hydrogen (secondary N) is 1. The summed E-state index contributed by atoms with van der Waals surface area (Å²) in [5.74, 6) is 0.457. The molecule has 1 aromatic carbocycles. The van der Waals surface area contributed by atoms with Crippen LogP contribution in [0.4, 0.5) is 0 Å². The zero-order valence-electron chi connectivity index (χ0n) is 14.2. The van der Waals surface area contributed by atoms with E-state index in [1.165, 1.54) is 14.2 Å². The van der Waals surface area contributed by atoms with Crippen molar-refractivity contribution in [1.82, 2.24) is 5.32 Å². The van der Waals surface area contributed by atoms with Crippen LogP contribution in [-0.4, -0.2) is 45.9 Å². The van der Waals surface area contributed by atoms with Crippen LogP contribution >= 0.6 is 0 Å². The summed E-state index contributed by atoms with van der Waals surface area (Å²) in [5.41, 5.74) is 0.726. The van der Waals surface area contributed by atoms with Crippen LogP contribution in [0.3, 0.4) is 0 Å². The molecule has 1 amide bonds. The molecule has 1 aliphatic rings. The summed E-state index contributed by atoms with van der Waals surface area (Å²) < 4.78 is 20.6. The Morgan fingerprint density at radius 1 is 1.25 bits per heavy atom. The van der Waals surface area contributed by atoms with E-state index in [-0.39, 0.29) is 12.3 Å². The van der Waals surface area contributed by atoms with Crippen molar-refractivity contribution in [2.75, 3.05) is 27.9 Å². The second kappa shape index (κ2) is 8.54. The van der Waals surface area contributed by atoms with E-state index >= 15 is 0 Å². The summed E-state index contributed by atoms with van der Waals surface area (Å²) in [6, 6.07) is 4.72. The normalized spacial score (nSPS) is 17.9. The molecule has 1 aliphatic heterocycles. The molecule has 0 spiro atoms. The van der Waals surface area contributed by atoms with Crippen LogP contribution in [-0.2, 0) is 19.1 Å². The average Bonchev–Trinajstić information content (AvgIpc) is 3.15. The van der Waals surface area contributed by atoms with Crippen molar-refractivity contribution in [1.29, 1.82) is 0 Å². The highest BCUT2D eigenvalue weighted by molar-refractivity contribution is 5.82. The van der Waals surface area contributed by atoms with Gasteiger partial charge in [0.1, 0.15) is 6.10 Å². The lowest BCUT2D eigenvalue weighted by Gasteiger charge is -2.21. The van der Waals surface area contributed by atoms with Crippen LogP contribution in [0.5, 0.6) is 11.5 Å². The molecule has 1 aromatic rings. The third-order valence-electron chi connectivity index (χ3n) is 3.95. The van der Waals surface area contributed by atoms with Crippen LogP contribution in [0.2, 0.25) is 0 Å². The van der Waals surface area contributed by atoms with Gasteiger partial charge in [0.2, 0.25) is 5.91 Å². The van der Waals surface area contributed by atoms with E-state index in [9.17, 15) is 9.59 Å². The Balaban J connectivity index is 2.21. The van der Waals surface area contributed by atoms with Gasteiger partial charge in [-0.2, -0.15) is 0 Å². The van der Waals surface area contributed by atoms with Gasteiger partial charge >= 0.3 is 5.97 Å². The second-order valence-electron chi connectivity index (χ2n) is 5.46. The lowest BCUT2D eigenvalue weighted by Crippen LogP contribution is -2.37. The number of carbonyl (C=O) groups is 2. The quantitative estimate of drug-likeness (QED) is 0.761. The van der Waals surface area contributed by atoms with Gasteiger partial charge in [-0.05, 0) is 30.5 Å². The van der Waals surface area contributed by atoms with Crippen molar-refractivity contribution in [3.05, 3.63) is 23.8 Å². The maximum Gasteiger partial charge on any atom is 0.307 e. The predicted octanol–water partition coefficient (Wildman–Crippen LogP) is 1.60. The number of hydrogen-bond donors (Lipinski definition) is 1. The van der Waals surface area contributed by atoms with Gasteiger partial charge in [0.15, 0.2) is 11.5 Å². The molecule has 24 heavy (non-hydrogen) atoms. The number of benzene rings is 1. The summed E-state index contributed by atoms with van der Waals surface area (Å²) >= 11 is 0. The highest BCUT2D eigenvalue weighted by Gasteiger charge is 2.27. The molecule has 0 saturated carbocycles. The molecule has 0 unspecified atom stereocenters. The minimum atomic E-state index is -0.533. The van der Waals surface area contributed by atoms with E-state index in [0.29, 0.717) is 24.5 Å². The van der Waals surface area contributed by atoms with Crippen molar-refractivity contribution in [3.8, 4) is 11.5 Å². The number of rotatable bonds is 7. The zero-order valence-corrected chi connectivity index (χ0v) is 14.2. The average molecular weight is 337 g/mol. The molecule has 132 valence electrons. The first-order chi connectivity index (χ1) is 11.6. The monoisotopic (exact) mass is 337 g/mol. The van der Waals surface area contributed by atoms with Gasteiger partial charge in [-0.25, -0.2) is 0 Å². The molecule has 0 bridgehead atoms. The van der Waals surface area contributed by atoms with E-state index in [1.807, 2.05) is 0 Å². The maximum absolute atomic E-state index is 12.3. The van der Waals surface area contributed by atoms with Crippen LogP contribution in [0, 0.1) is 0 Å². The number of carbonyl (C=O) groups excluding carboxylic acids is 2. The maximum atomic E-state index is 12.3. The SMILES string of the molecule is COC(=O)C[C@@H](NC(=O)[C@H]1CCCO1)c1ccc(OC)c(OC)c1. The lowest BCUT2D eigenvalue weighted by atomic mass is 10.0. The summed E-state index contributed by atoms with van der Waals surface area (Å²) in [4.78, 5) is 24.0. The summed E-state index contributed by atoms with van der Waals surface area (Å²) in [5, 5.41) is 2.87. The van der Waals surface area contributed by atoms with Crippen molar-refractivity contribution >= 4 is 11.9 Å². The third-order valence-corrected chi connectivity index (χ3v) is 3.95. The number of methoxy groups -OCH3 is 3. The van der Waals surface area contributed by atoms with Crippen LogP contribution < -0.4 is 14.8 Å². The minimum absolute atomic E-state index is 0.0183. The molecule has 7 nitrogen and oxygen atoms in total. The van der Waals surface area contributed by atoms with E-state index in [2.05, 4.69) is 5.32 Å². The molecule has 2 atom stereocenters. The van der Waals surface area contributed by atoms with E-state index in [0.717, 1.165) is 12.0 Å². The van der Waals surface area contributed by atoms with Crippen LogP contribution in [0.15, 0.2) is 18.2 Å². The Labute approximate surface area is 141 Å². The van der Waals surface area contributed by atoms with Crippen molar-refractivity contribution in [3.63, 3.8) is 0 Å². The second-order valence-corrected chi connectivity index (χ2v) is 5.46. The number of hydrogen-bond acceptors (Lipinski definition) is 6. The predicted molar refractivity (Wildman–Crippen MR) is 86.0 cm³/mol. The first-order valence-electron chi connectivity index (χ1n) is 7.79. The summed E-state index contributed by atoms with van der Waals surface area (Å²) in [6.07, 6.45) is 1.09. The Morgan fingerprint density at radius 3 is 2.58 bits per heavy atom. The fourth-order valence-corrected chi connectivity index (χ4v) is 2.62. The van der Waals surface area contributed by atoms with E-state index < -0.39 is 18.1 Å². The Morgan fingerprint density at radius 2 is 2.00 bits per heavy atom. The van der Waals surface area contributed by atoms with Crippen molar-refractivity contribution in [2.45, 2.75) is 31.4 Å². The molecule has 1 heterocycles. The molecule has 1 saturated heterocycles. The van der Waals surface area contributed by atoms with Crippen LogP contribution in [0.25, 0.3) is 0 Å². The molecule has 0 aliphatic carbocycles. The topological polar surface area (TPSA) is 83.1 Å². The van der Waals surface area contributed by atoms with Gasteiger partial charge in [0.25, 0.3) is 0 Å². The number of amides is 1. The van der Waals surface area contributed by atoms with E-state index in [4.69, 9.17) is 18.9 Å². The number of esters is 1. The third kappa shape index (κ3) is 4.38. The molecule has 7 heteroatoms. The standard InChI is InChI=1S/C17H23NO6/c1-21-13-7-6-11(9-15(13)22-2)12(10-16(19)23-3)18-17(20)14-5-4-8-24-14/h6-7,9,12,14H,4-5,8,10H2,1-3H3,(H,18,20)/t12-,14-/m1/s1. The Hall–Kier alpha value is -2.28. The van der Waals surface area contributed by atoms with Gasteiger partial charge in [0.05, 0.1) is 33.8 Å². The largest absolute Gasteiger partial charge is 0.493 e. The lowest BCUT2D eigenvalue weighted by molar-refractivity contribution is -0.141. The molecule has 0 radical (unpaired) electrons. The highest BCUT2D eigenvalue weighted by atomic mass is 16.5. The van der Waals surface area contributed by atoms with Crippen molar-refractivity contribution in [2.24, 2.45) is 0 Å². The van der Waals surface area contributed by atoms with Crippen LogP contribution in [0.1, 0.15) is 30.9 Å². The molecular formula is C17H23NO6. The molecule has 1 fully saturated rings. The zero-order chi connectivity index (χ0) is 17.5. The van der Waals surface area contributed by atoms with Crippen molar-refractivity contribution < 1.29 is 28.5 Å². The fourth-order valence-electron chi connectivity index (χ4n) is 2.62. The molecule has 2 rings (SSSR count). The first kappa shape index (κ1) is 18.1. The van der Waals surface area contributed by atoms with Gasteiger partial charge in [-0.15, -0.1) is 0 Å². The highest BCUT2D eigenvalue weighted by Crippen LogP contribution is 2.31. The molecule has 1 N–H and O–H groups in total. The Kier molecular flexibility index (Phi) is 6.43. The van der Waals surface area contributed by atoms with Gasteiger partial charge < -0.3 is 24.3 Å². The summed E-state index contributed by atoms with van der Waals surface area (Å²) in [7, 11) is 4.39. The summed E-state index contributed by atoms with van der Waals surface area (Å²) in [6.45, 7) is 0.579. The first-order valence-corrected chi connectivity index (χ1v) is 7.79.